The quantitative estimate of drug-likeness (QED) is 0.208. The van der Waals surface area contributed by atoms with Crippen molar-refractivity contribution in [1.82, 2.24) is 4.57 Å². The van der Waals surface area contributed by atoms with Crippen molar-refractivity contribution >= 4 is 62.5 Å². The molecule has 0 N–H and O–H groups in total. The fourth-order valence-corrected chi connectivity index (χ4v) is 6.24. The summed E-state index contributed by atoms with van der Waals surface area (Å²) in [5.74, 6) is -0.590. The number of esters is 1. The number of halogens is 4. The van der Waals surface area contributed by atoms with Gasteiger partial charge in [-0.05, 0) is 68.0 Å². The Hall–Kier alpha value is -3.24. The number of carbonyl (C=O) groups is 1. The summed E-state index contributed by atoms with van der Waals surface area (Å²) in [6, 6.07) is 15.9. The Morgan fingerprint density at radius 3 is 2.63 bits per heavy atom. The van der Waals surface area contributed by atoms with Gasteiger partial charge in [0.05, 0.1) is 33.5 Å². The van der Waals surface area contributed by atoms with Crippen LogP contribution < -0.4 is 19.6 Å². The monoisotopic (exact) mass is 674 g/mol. The molecule has 6 nitrogen and oxygen atoms in total. The minimum absolute atomic E-state index is 0.103. The van der Waals surface area contributed by atoms with E-state index >= 15 is 0 Å². The van der Waals surface area contributed by atoms with E-state index < -0.39 is 17.8 Å². The molecule has 0 saturated carbocycles. The van der Waals surface area contributed by atoms with Crippen LogP contribution >= 0.6 is 50.5 Å². The molecule has 0 radical (unpaired) electrons. The average Bonchev–Trinajstić information content (AvgIpc) is 3.23. The van der Waals surface area contributed by atoms with Gasteiger partial charge in [0.1, 0.15) is 18.2 Å². The second kappa shape index (κ2) is 12.3. The van der Waals surface area contributed by atoms with E-state index in [9.17, 15) is 14.0 Å². The van der Waals surface area contributed by atoms with Crippen molar-refractivity contribution in [1.29, 1.82) is 0 Å². The summed E-state index contributed by atoms with van der Waals surface area (Å²) < 4.78 is 28.3. The highest BCUT2D eigenvalue weighted by Crippen LogP contribution is 2.32. The first-order valence-electron chi connectivity index (χ1n) is 12.5. The topological polar surface area (TPSA) is 69.9 Å². The van der Waals surface area contributed by atoms with Gasteiger partial charge in [0.15, 0.2) is 4.80 Å². The summed E-state index contributed by atoms with van der Waals surface area (Å²) in [4.78, 5) is 32.0. The predicted molar refractivity (Wildman–Crippen MR) is 162 cm³/mol. The highest BCUT2D eigenvalue weighted by Gasteiger charge is 2.33. The van der Waals surface area contributed by atoms with Crippen LogP contribution in [0.25, 0.3) is 6.08 Å². The molecule has 210 valence electrons. The minimum atomic E-state index is -0.758. The summed E-state index contributed by atoms with van der Waals surface area (Å²) in [5, 5.41) is 0.783. The Bertz CT molecular complexity index is 1850. The van der Waals surface area contributed by atoms with Crippen molar-refractivity contribution in [3.8, 4) is 5.75 Å². The maximum absolute atomic E-state index is 14.3. The van der Waals surface area contributed by atoms with Gasteiger partial charge in [-0.15, -0.1) is 0 Å². The van der Waals surface area contributed by atoms with Crippen molar-refractivity contribution in [3.63, 3.8) is 0 Å². The summed E-state index contributed by atoms with van der Waals surface area (Å²) in [7, 11) is 0. The molecule has 1 aliphatic heterocycles. The van der Waals surface area contributed by atoms with Crippen LogP contribution in [0.1, 0.15) is 36.6 Å². The Labute approximate surface area is 257 Å². The zero-order valence-electron chi connectivity index (χ0n) is 21.8. The molecule has 1 aromatic heterocycles. The van der Waals surface area contributed by atoms with Crippen molar-refractivity contribution in [2.75, 3.05) is 6.61 Å². The molecule has 41 heavy (non-hydrogen) atoms. The molecule has 1 aliphatic rings. The van der Waals surface area contributed by atoms with Gasteiger partial charge in [-0.3, -0.25) is 9.36 Å². The van der Waals surface area contributed by atoms with Gasteiger partial charge in [0.25, 0.3) is 5.56 Å². The van der Waals surface area contributed by atoms with Gasteiger partial charge in [0.2, 0.25) is 0 Å². The second-order valence-corrected chi connectivity index (χ2v) is 11.8. The molecule has 5 rings (SSSR count). The lowest BCUT2D eigenvalue weighted by molar-refractivity contribution is -0.139. The fourth-order valence-electron chi connectivity index (χ4n) is 4.48. The average molecular weight is 676 g/mol. The maximum atomic E-state index is 14.3. The normalized spacial score (nSPS) is 15.0. The molecule has 0 bridgehead atoms. The van der Waals surface area contributed by atoms with Crippen molar-refractivity contribution in [3.05, 3.63) is 129 Å². The van der Waals surface area contributed by atoms with Crippen molar-refractivity contribution < 1.29 is 18.7 Å². The standard InChI is InChI=1S/C30H22BrCl2FN2O4S/c1-3-39-29(38)26-16(2)35-30-36(27(26)17-7-10-20(32)11-8-17)28(37)25(41-30)14-18-13-19(31)9-12-24(18)40-15-21-22(33)5-4-6-23(21)34/h4-14,27H,3,15H2,1-2H3/b25-14+. The van der Waals surface area contributed by atoms with Crippen LogP contribution in [0, 0.1) is 5.82 Å². The van der Waals surface area contributed by atoms with Gasteiger partial charge in [-0.25, -0.2) is 14.2 Å². The van der Waals surface area contributed by atoms with Gasteiger partial charge < -0.3 is 9.47 Å². The first-order chi connectivity index (χ1) is 19.7. The lowest BCUT2D eigenvalue weighted by atomic mass is 9.96. The Morgan fingerprint density at radius 1 is 1.17 bits per heavy atom. The molecule has 11 heteroatoms. The zero-order valence-corrected chi connectivity index (χ0v) is 25.7. The number of hydrogen-bond acceptors (Lipinski definition) is 6. The molecule has 4 aromatic rings. The van der Waals surface area contributed by atoms with Crippen LogP contribution in [0.2, 0.25) is 10.0 Å². The Morgan fingerprint density at radius 2 is 1.93 bits per heavy atom. The van der Waals surface area contributed by atoms with Gasteiger partial charge in [-0.1, -0.05) is 68.7 Å². The van der Waals surface area contributed by atoms with Crippen molar-refractivity contribution in [2.45, 2.75) is 26.5 Å². The van der Waals surface area contributed by atoms with E-state index in [2.05, 4.69) is 20.9 Å². The molecular weight excluding hydrogens is 654 g/mol. The first-order valence-corrected chi connectivity index (χ1v) is 14.8. The number of carbonyl (C=O) groups excluding carboxylic acids is 1. The summed E-state index contributed by atoms with van der Waals surface area (Å²) in [6.45, 7) is 3.52. The molecule has 2 heterocycles. The van der Waals surface area contributed by atoms with E-state index in [-0.39, 0.29) is 34.9 Å². The highest BCUT2D eigenvalue weighted by atomic mass is 79.9. The third kappa shape index (κ3) is 6.04. The summed E-state index contributed by atoms with van der Waals surface area (Å²) in [6.07, 6.45) is 1.69. The molecule has 0 fully saturated rings. The summed E-state index contributed by atoms with van der Waals surface area (Å²) in [5.41, 5.74) is 1.90. The number of benzene rings is 3. The Balaban J connectivity index is 1.62. The van der Waals surface area contributed by atoms with E-state index in [1.807, 2.05) is 0 Å². The smallest absolute Gasteiger partial charge is 0.338 e. The molecule has 3 aromatic carbocycles. The number of allylic oxidation sites excluding steroid dienone is 1. The van der Waals surface area contributed by atoms with E-state index in [0.29, 0.717) is 36.9 Å². The van der Waals surface area contributed by atoms with Crippen molar-refractivity contribution in [2.24, 2.45) is 4.99 Å². The largest absolute Gasteiger partial charge is 0.488 e. The summed E-state index contributed by atoms with van der Waals surface area (Å²) >= 11 is 17.0. The van der Waals surface area contributed by atoms with Gasteiger partial charge in [-0.2, -0.15) is 0 Å². The molecule has 1 atom stereocenters. The zero-order chi connectivity index (χ0) is 29.3. The number of rotatable bonds is 7. The molecular formula is C30H22BrCl2FN2O4S. The predicted octanol–water partition coefficient (Wildman–Crippen LogP) is 6.59. The number of fused-ring (bicyclic) bond motifs is 1. The second-order valence-electron chi connectivity index (χ2n) is 9.02. The number of thiazole rings is 1. The molecule has 0 aliphatic carbocycles. The number of hydrogen-bond donors (Lipinski definition) is 0. The van der Waals surface area contributed by atoms with Crippen LogP contribution in [-0.4, -0.2) is 17.1 Å². The molecule has 1 unspecified atom stereocenters. The van der Waals surface area contributed by atoms with Crippen LogP contribution in [0.5, 0.6) is 5.75 Å². The van der Waals surface area contributed by atoms with E-state index in [0.717, 1.165) is 4.47 Å². The van der Waals surface area contributed by atoms with E-state index in [1.54, 1.807) is 68.5 Å². The van der Waals surface area contributed by atoms with E-state index in [1.165, 1.54) is 28.0 Å². The molecule has 0 amide bonds. The number of aromatic nitrogens is 1. The number of ether oxygens (including phenoxy) is 2. The number of nitrogens with zero attached hydrogens (tertiary/aromatic N) is 2. The third-order valence-corrected chi connectivity index (χ3v) is 8.48. The fraction of sp³-hybridized carbons (Fsp3) is 0.167. The van der Waals surface area contributed by atoms with Crippen LogP contribution in [0.4, 0.5) is 4.39 Å². The maximum Gasteiger partial charge on any atom is 0.338 e. The van der Waals surface area contributed by atoms with Crippen LogP contribution in [0.15, 0.2) is 86.2 Å². The first kappa shape index (κ1) is 29.3. The van der Waals surface area contributed by atoms with E-state index in [4.69, 9.17) is 32.7 Å². The van der Waals surface area contributed by atoms with Crippen LogP contribution in [0.3, 0.4) is 0 Å². The highest BCUT2D eigenvalue weighted by molar-refractivity contribution is 9.10. The van der Waals surface area contributed by atoms with Gasteiger partial charge >= 0.3 is 5.97 Å². The van der Waals surface area contributed by atoms with Gasteiger partial charge in [0, 0.05) is 20.6 Å². The van der Waals surface area contributed by atoms with Crippen LogP contribution in [-0.2, 0) is 16.1 Å². The molecule has 0 spiro atoms. The lowest BCUT2D eigenvalue weighted by Gasteiger charge is -2.24. The Kier molecular flexibility index (Phi) is 8.79. The minimum Gasteiger partial charge on any atom is -0.488 e. The SMILES string of the molecule is CCOC(=O)C1=C(C)N=c2s/c(=C/c3cc(Br)ccc3OCc3c(F)cccc3Cl)c(=O)n2C1c1ccc(Cl)cc1. The third-order valence-electron chi connectivity index (χ3n) is 6.39. The lowest BCUT2D eigenvalue weighted by Crippen LogP contribution is -2.39. The molecule has 0 saturated heterocycles.